The molecular formula is C13H13NO2. The van der Waals surface area contributed by atoms with Gasteiger partial charge in [-0.3, -0.25) is 0 Å². The Hall–Kier alpha value is -2.03. The highest BCUT2D eigenvalue weighted by Gasteiger charge is 2.04. The number of rotatable bonds is 2. The summed E-state index contributed by atoms with van der Waals surface area (Å²) in [6.45, 7) is 3.61. The van der Waals surface area contributed by atoms with Crippen LogP contribution in [0.15, 0.2) is 30.0 Å². The van der Waals surface area contributed by atoms with Gasteiger partial charge in [-0.05, 0) is 32.1 Å². The van der Waals surface area contributed by atoms with Crippen molar-refractivity contribution in [3.8, 4) is 0 Å². The molecule has 0 fully saturated rings. The van der Waals surface area contributed by atoms with Gasteiger partial charge in [-0.2, -0.15) is 0 Å². The van der Waals surface area contributed by atoms with Gasteiger partial charge in [0.25, 0.3) is 0 Å². The minimum absolute atomic E-state index is 0.336. The molecule has 1 aromatic heterocycles. The second-order valence-corrected chi connectivity index (χ2v) is 3.93. The maximum Gasteiger partial charge on any atom is 0.331 e. The Kier molecular flexibility index (Phi) is 2.52. The van der Waals surface area contributed by atoms with Gasteiger partial charge in [-0.1, -0.05) is 11.6 Å². The van der Waals surface area contributed by atoms with E-state index in [0.29, 0.717) is 5.57 Å². The zero-order valence-corrected chi connectivity index (χ0v) is 9.24. The lowest BCUT2D eigenvalue weighted by molar-refractivity contribution is -0.132. The van der Waals surface area contributed by atoms with Crippen molar-refractivity contribution in [3.63, 3.8) is 0 Å². The number of carbonyl (C=O) groups is 1. The third kappa shape index (κ3) is 1.84. The third-order valence-corrected chi connectivity index (χ3v) is 2.58. The quantitative estimate of drug-likeness (QED) is 0.757. The fraction of sp³-hybridized carbons (Fsp3) is 0.154. The van der Waals surface area contributed by atoms with Crippen molar-refractivity contribution < 1.29 is 9.90 Å². The van der Waals surface area contributed by atoms with Gasteiger partial charge in [-0.25, -0.2) is 4.79 Å². The average Bonchev–Trinajstić information content (AvgIpc) is 2.61. The third-order valence-electron chi connectivity index (χ3n) is 2.58. The first-order valence-electron chi connectivity index (χ1n) is 5.07. The van der Waals surface area contributed by atoms with E-state index in [4.69, 9.17) is 5.11 Å². The van der Waals surface area contributed by atoms with Crippen molar-refractivity contribution in [1.29, 1.82) is 0 Å². The molecule has 3 heteroatoms. The van der Waals surface area contributed by atoms with E-state index in [2.05, 4.69) is 4.98 Å². The Morgan fingerprint density at radius 2 is 2.19 bits per heavy atom. The minimum atomic E-state index is -0.887. The zero-order valence-electron chi connectivity index (χ0n) is 9.24. The molecular weight excluding hydrogens is 202 g/mol. The van der Waals surface area contributed by atoms with Gasteiger partial charge in [0.05, 0.1) is 0 Å². The highest BCUT2D eigenvalue weighted by molar-refractivity contribution is 5.96. The number of aryl methyl sites for hydroxylation is 1. The highest BCUT2D eigenvalue weighted by Crippen LogP contribution is 2.21. The predicted octanol–water partition coefficient (Wildman–Crippen LogP) is 2.96. The molecule has 2 N–H and O–H groups in total. The SMILES string of the molecule is C/C(=C\c1c[nH]c2ccc(C)cc12)C(=O)O. The smallest absolute Gasteiger partial charge is 0.331 e. The van der Waals surface area contributed by atoms with Gasteiger partial charge in [0.15, 0.2) is 0 Å². The molecule has 0 bridgehead atoms. The monoisotopic (exact) mass is 215 g/mol. The summed E-state index contributed by atoms with van der Waals surface area (Å²) < 4.78 is 0. The summed E-state index contributed by atoms with van der Waals surface area (Å²) in [7, 11) is 0. The van der Waals surface area contributed by atoms with Crippen LogP contribution >= 0.6 is 0 Å². The molecule has 0 atom stereocenters. The van der Waals surface area contributed by atoms with E-state index in [1.165, 1.54) is 0 Å². The van der Waals surface area contributed by atoms with Crippen molar-refractivity contribution in [1.82, 2.24) is 4.98 Å². The zero-order chi connectivity index (χ0) is 11.7. The van der Waals surface area contributed by atoms with Crippen LogP contribution in [0.1, 0.15) is 18.1 Å². The average molecular weight is 215 g/mol. The van der Waals surface area contributed by atoms with Crippen LogP contribution in [0.5, 0.6) is 0 Å². The van der Waals surface area contributed by atoms with Crippen molar-refractivity contribution in [2.24, 2.45) is 0 Å². The molecule has 0 amide bonds. The van der Waals surface area contributed by atoms with Crippen molar-refractivity contribution in [2.75, 3.05) is 0 Å². The Balaban J connectivity index is 2.57. The Bertz CT molecular complexity index is 579. The van der Waals surface area contributed by atoms with Crippen LogP contribution in [0.25, 0.3) is 17.0 Å². The Morgan fingerprint density at radius 1 is 1.44 bits per heavy atom. The summed E-state index contributed by atoms with van der Waals surface area (Å²) in [5.74, 6) is -0.887. The lowest BCUT2D eigenvalue weighted by Gasteiger charge is -1.96. The first-order chi connectivity index (χ1) is 7.58. The fourth-order valence-corrected chi connectivity index (χ4v) is 1.67. The standard InChI is InChI=1S/C13H13NO2/c1-8-3-4-12-11(5-8)10(7-14-12)6-9(2)13(15)16/h3-7,14H,1-2H3,(H,15,16)/b9-6+. The Labute approximate surface area is 93.4 Å². The second-order valence-electron chi connectivity index (χ2n) is 3.93. The number of benzene rings is 1. The van der Waals surface area contributed by atoms with Crippen LogP contribution in [0, 0.1) is 6.92 Å². The molecule has 0 radical (unpaired) electrons. The summed E-state index contributed by atoms with van der Waals surface area (Å²) in [5.41, 5.74) is 3.44. The van der Waals surface area contributed by atoms with Gasteiger partial charge in [0, 0.05) is 28.2 Å². The molecule has 0 spiro atoms. The van der Waals surface area contributed by atoms with E-state index in [0.717, 1.165) is 22.0 Å². The fourth-order valence-electron chi connectivity index (χ4n) is 1.67. The van der Waals surface area contributed by atoms with Crippen molar-refractivity contribution in [2.45, 2.75) is 13.8 Å². The van der Waals surface area contributed by atoms with Crippen molar-refractivity contribution in [3.05, 3.63) is 41.1 Å². The summed E-state index contributed by atoms with van der Waals surface area (Å²) in [4.78, 5) is 13.9. The van der Waals surface area contributed by atoms with E-state index in [1.807, 2.05) is 31.3 Å². The first kappa shape index (κ1) is 10.5. The number of H-pyrrole nitrogens is 1. The van der Waals surface area contributed by atoms with Crippen LogP contribution in [-0.2, 0) is 4.79 Å². The second kappa shape index (κ2) is 3.85. The van der Waals surface area contributed by atoms with Gasteiger partial charge in [0.2, 0.25) is 0 Å². The number of aliphatic carboxylic acids is 1. The van der Waals surface area contributed by atoms with Crippen LogP contribution in [-0.4, -0.2) is 16.1 Å². The largest absolute Gasteiger partial charge is 0.478 e. The molecule has 2 aromatic rings. The molecule has 1 heterocycles. The number of nitrogens with one attached hydrogen (secondary N) is 1. The van der Waals surface area contributed by atoms with Crippen LogP contribution in [0.2, 0.25) is 0 Å². The maximum atomic E-state index is 10.8. The number of carboxylic acid groups (broad SMARTS) is 1. The Morgan fingerprint density at radius 3 is 2.88 bits per heavy atom. The number of hydrogen-bond acceptors (Lipinski definition) is 1. The maximum absolute atomic E-state index is 10.8. The lowest BCUT2D eigenvalue weighted by Crippen LogP contribution is -1.95. The molecule has 0 aliphatic rings. The van der Waals surface area contributed by atoms with Crippen LogP contribution in [0.4, 0.5) is 0 Å². The van der Waals surface area contributed by atoms with Crippen LogP contribution in [0.3, 0.4) is 0 Å². The number of aromatic amines is 1. The van der Waals surface area contributed by atoms with E-state index >= 15 is 0 Å². The minimum Gasteiger partial charge on any atom is -0.478 e. The molecule has 0 saturated carbocycles. The number of carboxylic acids is 1. The molecule has 3 nitrogen and oxygen atoms in total. The number of hydrogen-bond donors (Lipinski definition) is 2. The lowest BCUT2D eigenvalue weighted by atomic mass is 10.1. The topological polar surface area (TPSA) is 53.1 Å². The molecule has 16 heavy (non-hydrogen) atoms. The van der Waals surface area contributed by atoms with Crippen molar-refractivity contribution >= 4 is 22.9 Å². The molecule has 82 valence electrons. The van der Waals surface area contributed by atoms with E-state index in [9.17, 15) is 4.79 Å². The molecule has 0 unspecified atom stereocenters. The molecule has 0 saturated heterocycles. The normalized spacial score (nSPS) is 12.0. The first-order valence-corrected chi connectivity index (χ1v) is 5.07. The molecule has 1 aromatic carbocycles. The van der Waals surface area contributed by atoms with E-state index in [-0.39, 0.29) is 0 Å². The number of fused-ring (bicyclic) bond motifs is 1. The molecule has 0 aliphatic carbocycles. The summed E-state index contributed by atoms with van der Waals surface area (Å²) in [6.07, 6.45) is 3.51. The van der Waals surface area contributed by atoms with E-state index in [1.54, 1.807) is 13.0 Å². The predicted molar refractivity (Wildman–Crippen MR) is 64.3 cm³/mol. The number of aromatic nitrogens is 1. The summed E-state index contributed by atoms with van der Waals surface area (Å²) in [6, 6.07) is 6.07. The van der Waals surface area contributed by atoms with Gasteiger partial charge in [-0.15, -0.1) is 0 Å². The van der Waals surface area contributed by atoms with Gasteiger partial charge < -0.3 is 10.1 Å². The highest BCUT2D eigenvalue weighted by atomic mass is 16.4. The molecule has 2 rings (SSSR count). The van der Waals surface area contributed by atoms with Gasteiger partial charge >= 0.3 is 5.97 Å². The molecule has 0 aliphatic heterocycles. The van der Waals surface area contributed by atoms with E-state index < -0.39 is 5.97 Å². The van der Waals surface area contributed by atoms with Crippen LogP contribution < -0.4 is 0 Å². The van der Waals surface area contributed by atoms with Gasteiger partial charge in [0.1, 0.15) is 0 Å². The summed E-state index contributed by atoms with van der Waals surface area (Å²) in [5, 5.41) is 9.89. The summed E-state index contributed by atoms with van der Waals surface area (Å²) >= 11 is 0.